The largest absolute Gasteiger partial charge is 0.0854 e. The molecule has 3 rings (SSSR count). The first-order valence-electron chi connectivity index (χ1n) is 7.03. The maximum atomic E-state index is 2.57. The molecule has 0 aromatic carbocycles. The molecule has 0 aromatic rings. The molecule has 4 unspecified atom stereocenters. The fraction of sp³-hybridized carbons (Fsp3) is 0.750. The summed E-state index contributed by atoms with van der Waals surface area (Å²) in [6.45, 7) is 7.46. The van der Waals surface area contributed by atoms with Gasteiger partial charge in [0.2, 0.25) is 0 Å². The van der Waals surface area contributed by atoms with E-state index >= 15 is 0 Å². The predicted molar refractivity (Wildman–Crippen MR) is 82.0 cm³/mol. The zero-order chi connectivity index (χ0) is 12.2. The monoisotopic (exact) mass is 342 g/mol. The van der Waals surface area contributed by atoms with Gasteiger partial charge >= 0.3 is 0 Å². The van der Waals surface area contributed by atoms with Crippen molar-refractivity contribution in [1.82, 2.24) is 0 Å². The van der Waals surface area contributed by atoms with Gasteiger partial charge in [-0.1, -0.05) is 39.0 Å². The van der Waals surface area contributed by atoms with E-state index in [1.54, 1.807) is 3.58 Å². The molecule has 3 aliphatic carbocycles. The van der Waals surface area contributed by atoms with Gasteiger partial charge in [-0.2, -0.15) is 0 Å². The van der Waals surface area contributed by atoms with Crippen LogP contribution in [0.25, 0.3) is 0 Å². The average Bonchev–Trinajstić information content (AvgIpc) is 2.49. The summed E-state index contributed by atoms with van der Waals surface area (Å²) in [7, 11) is 0. The third-order valence-electron chi connectivity index (χ3n) is 5.70. The van der Waals surface area contributed by atoms with Crippen molar-refractivity contribution < 1.29 is 0 Å². The molecule has 0 heterocycles. The molecule has 0 bridgehead atoms. The Labute approximate surface area is 119 Å². The second-order valence-electron chi connectivity index (χ2n) is 6.96. The lowest BCUT2D eigenvalue weighted by molar-refractivity contribution is 0.146. The third-order valence-corrected chi connectivity index (χ3v) is 6.58. The van der Waals surface area contributed by atoms with Crippen molar-refractivity contribution in [2.24, 2.45) is 35.0 Å². The van der Waals surface area contributed by atoms with Gasteiger partial charge in [0, 0.05) is 0 Å². The second kappa shape index (κ2) is 4.11. The molecule has 94 valence electrons. The van der Waals surface area contributed by atoms with E-state index in [4.69, 9.17) is 0 Å². The number of halogens is 1. The molecule has 0 saturated heterocycles. The van der Waals surface area contributed by atoms with Crippen LogP contribution in [0.15, 0.2) is 21.8 Å². The molecular formula is C16H23I. The Bertz CT molecular complexity index is 377. The minimum Gasteiger partial charge on any atom is -0.0854 e. The Balaban J connectivity index is 1.97. The summed E-state index contributed by atoms with van der Waals surface area (Å²) in [5, 5.41) is 0. The smallest absolute Gasteiger partial charge is 0.0131 e. The quantitative estimate of drug-likeness (QED) is 0.419. The minimum atomic E-state index is 0.541. The van der Waals surface area contributed by atoms with Crippen molar-refractivity contribution in [2.75, 3.05) is 0 Å². The van der Waals surface area contributed by atoms with E-state index < -0.39 is 0 Å². The zero-order valence-electron chi connectivity index (χ0n) is 11.1. The SMILES string of the molecule is CC1C=CC2C3CC=C(I)CC3C(C)(C)[C@H]2C1. The summed E-state index contributed by atoms with van der Waals surface area (Å²) in [4.78, 5) is 0. The molecular weight excluding hydrogens is 319 g/mol. The van der Waals surface area contributed by atoms with Gasteiger partial charge in [-0.25, -0.2) is 0 Å². The molecule has 5 atom stereocenters. The van der Waals surface area contributed by atoms with E-state index in [1.807, 2.05) is 0 Å². The number of hydrogen-bond acceptors (Lipinski definition) is 0. The van der Waals surface area contributed by atoms with E-state index in [2.05, 4.69) is 61.6 Å². The Morgan fingerprint density at radius 1 is 1.24 bits per heavy atom. The molecule has 0 nitrogen and oxygen atoms in total. The van der Waals surface area contributed by atoms with Crippen molar-refractivity contribution >= 4 is 22.6 Å². The topological polar surface area (TPSA) is 0 Å². The average molecular weight is 342 g/mol. The van der Waals surface area contributed by atoms with Crippen LogP contribution < -0.4 is 0 Å². The number of allylic oxidation sites excluding steroid dienone is 4. The van der Waals surface area contributed by atoms with Crippen LogP contribution in [0.4, 0.5) is 0 Å². The highest BCUT2D eigenvalue weighted by Crippen LogP contribution is 2.62. The zero-order valence-corrected chi connectivity index (χ0v) is 13.3. The van der Waals surface area contributed by atoms with Gasteiger partial charge in [0.1, 0.15) is 0 Å². The predicted octanol–water partition coefficient (Wildman–Crippen LogP) is 5.20. The summed E-state index contributed by atoms with van der Waals surface area (Å²) >= 11 is 2.55. The highest BCUT2D eigenvalue weighted by Gasteiger charge is 2.54. The van der Waals surface area contributed by atoms with Crippen molar-refractivity contribution in [3.8, 4) is 0 Å². The number of rotatable bonds is 0. The first-order chi connectivity index (χ1) is 8.00. The highest BCUT2D eigenvalue weighted by molar-refractivity contribution is 14.1. The lowest BCUT2D eigenvalue weighted by Gasteiger charge is -2.37. The maximum absolute atomic E-state index is 2.57. The van der Waals surface area contributed by atoms with Crippen LogP contribution in [0.5, 0.6) is 0 Å². The first-order valence-corrected chi connectivity index (χ1v) is 8.11. The van der Waals surface area contributed by atoms with Gasteiger partial charge in [-0.3, -0.25) is 0 Å². The molecule has 0 amide bonds. The molecule has 0 aliphatic heterocycles. The van der Waals surface area contributed by atoms with Gasteiger partial charge in [-0.05, 0) is 80.4 Å². The Morgan fingerprint density at radius 3 is 2.76 bits per heavy atom. The van der Waals surface area contributed by atoms with Crippen LogP contribution in [0, 0.1) is 35.0 Å². The van der Waals surface area contributed by atoms with Gasteiger partial charge in [0.25, 0.3) is 0 Å². The maximum Gasteiger partial charge on any atom is -0.0131 e. The lowest BCUT2D eigenvalue weighted by Crippen LogP contribution is -2.29. The van der Waals surface area contributed by atoms with Gasteiger partial charge < -0.3 is 0 Å². The molecule has 1 saturated carbocycles. The summed E-state index contributed by atoms with van der Waals surface area (Å²) in [6, 6.07) is 0. The molecule has 0 N–H and O–H groups in total. The van der Waals surface area contributed by atoms with Crippen LogP contribution in [0.3, 0.4) is 0 Å². The van der Waals surface area contributed by atoms with Crippen molar-refractivity contribution in [2.45, 2.75) is 40.0 Å². The highest BCUT2D eigenvalue weighted by atomic mass is 127. The first kappa shape index (κ1) is 12.3. The van der Waals surface area contributed by atoms with Crippen LogP contribution in [-0.2, 0) is 0 Å². The summed E-state index contributed by atoms with van der Waals surface area (Å²) in [5.74, 6) is 4.43. The molecule has 1 heteroatoms. The van der Waals surface area contributed by atoms with Crippen molar-refractivity contribution in [1.29, 1.82) is 0 Å². The molecule has 0 spiro atoms. The number of fused-ring (bicyclic) bond motifs is 3. The van der Waals surface area contributed by atoms with E-state index in [0.29, 0.717) is 5.41 Å². The standard InChI is InChI=1S/C16H23I/c1-10-4-6-12-13-7-5-11(17)9-15(13)16(2,3)14(12)8-10/h4-6,10,12-15H,7-9H2,1-3H3/t10?,12?,13?,14-,15?/m0/s1. The Morgan fingerprint density at radius 2 is 2.00 bits per heavy atom. The molecule has 3 aliphatic rings. The molecule has 17 heavy (non-hydrogen) atoms. The minimum absolute atomic E-state index is 0.541. The van der Waals surface area contributed by atoms with Crippen LogP contribution in [0.1, 0.15) is 40.0 Å². The molecule has 1 fully saturated rings. The van der Waals surface area contributed by atoms with E-state index in [9.17, 15) is 0 Å². The van der Waals surface area contributed by atoms with Crippen molar-refractivity contribution in [3.05, 3.63) is 21.8 Å². The van der Waals surface area contributed by atoms with E-state index in [0.717, 1.165) is 29.6 Å². The van der Waals surface area contributed by atoms with Gasteiger partial charge in [0.05, 0.1) is 0 Å². The van der Waals surface area contributed by atoms with E-state index in [-0.39, 0.29) is 0 Å². The Hall–Kier alpha value is 0.210. The second-order valence-corrected chi connectivity index (χ2v) is 8.35. The van der Waals surface area contributed by atoms with Crippen LogP contribution in [-0.4, -0.2) is 0 Å². The number of hydrogen-bond donors (Lipinski definition) is 0. The van der Waals surface area contributed by atoms with E-state index in [1.165, 1.54) is 19.3 Å². The molecule has 0 radical (unpaired) electrons. The fourth-order valence-electron chi connectivity index (χ4n) is 4.72. The normalized spacial score (nSPS) is 47.3. The molecule has 0 aromatic heterocycles. The van der Waals surface area contributed by atoms with Gasteiger partial charge in [0.15, 0.2) is 0 Å². The Kier molecular flexibility index (Phi) is 2.96. The lowest BCUT2D eigenvalue weighted by atomic mass is 9.68. The van der Waals surface area contributed by atoms with Crippen LogP contribution >= 0.6 is 22.6 Å². The summed E-state index contributed by atoms with van der Waals surface area (Å²) in [6.07, 6.45) is 11.6. The summed E-state index contributed by atoms with van der Waals surface area (Å²) < 4.78 is 1.60. The fourth-order valence-corrected chi connectivity index (χ4v) is 5.45. The van der Waals surface area contributed by atoms with Gasteiger partial charge in [-0.15, -0.1) is 0 Å². The van der Waals surface area contributed by atoms with Crippen molar-refractivity contribution in [3.63, 3.8) is 0 Å². The third kappa shape index (κ3) is 1.84. The summed E-state index contributed by atoms with van der Waals surface area (Å²) in [5.41, 5.74) is 0.541. The van der Waals surface area contributed by atoms with Crippen LogP contribution in [0.2, 0.25) is 0 Å².